The average Bonchev–Trinajstić information content (AvgIpc) is 2.38. The fraction of sp³-hybridized carbons (Fsp3) is 0.375. The summed E-state index contributed by atoms with van der Waals surface area (Å²) in [6.07, 6.45) is 2.65. The number of rotatable bonds is 5. The summed E-state index contributed by atoms with van der Waals surface area (Å²) in [5.41, 5.74) is 1.64. The molecule has 2 N–H and O–H groups in total. The van der Waals surface area contributed by atoms with Crippen LogP contribution in [0.5, 0.6) is 0 Å². The van der Waals surface area contributed by atoms with Gasteiger partial charge in [0.05, 0.1) is 11.3 Å². The maximum atomic E-state index is 12.1. The Kier molecular flexibility index (Phi) is 5.97. The van der Waals surface area contributed by atoms with Crippen LogP contribution < -0.4 is 10.6 Å². The molecule has 0 saturated heterocycles. The number of carbonyl (C=O) groups excluding carboxylic acids is 2. The molecule has 0 spiro atoms. The number of carbonyl (C=O) groups is 2. The minimum absolute atomic E-state index is 0.0491. The second-order valence-electron chi connectivity index (χ2n) is 4.92. The first-order valence-electron chi connectivity index (χ1n) is 6.83. The fourth-order valence-electron chi connectivity index (χ4n) is 1.75. The summed E-state index contributed by atoms with van der Waals surface area (Å²) in [6, 6.07) is 7.05. The number of benzene rings is 1. The molecular formula is C16H22N2O2. The van der Waals surface area contributed by atoms with Crippen molar-refractivity contribution >= 4 is 17.5 Å². The number of amides is 2. The fourth-order valence-corrected chi connectivity index (χ4v) is 1.75. The molecule has 20 heavy (non-hydrogen) atoms. The number of anilines is 1. The van der Waals surface area contributed by atoms with Crippen LogP contribution in [0.4, 0.5) is 5.69 Å². The Bertz CT molecular complexity index is 519. The van der Waals surface area contributed by atoms with Gasteiger partial charge in [-0.15, -0.1) is 0 Å². The van der Waals surface area contributed by atoms with E-state index in [4.69, 9.17) is 0 Å². The van der Waals surface area contributed by atoms with E-state index < -0.39 is 0 Å². The standard InChI is InChI=1S/C16H22N2O2/c1-5-8-12(4)15(19)18-14-10-7-6-9-13(14)16(20)17-11(2)3/h6-11H,5H2,1-4H3,(H,17,20)(H,18,19). The number of para-hydroxylation sites is 1. The summed E-state index contributed by atoms with van der Waals surface area (Å²) in [5, 5.41) is 5.60. The molecule has 0 unspecified atom stereocenters. The summed E-state index contributed by atoms with van der Waals surface area (Å²) in [5.74, 6) is -0.371. The summed E-state index contributed by atoms with van der Waals surface area (Å²) in [4.78, 5) is 24.1. The largest absolute Gasteiger partial charge is 0.350 e. The first-order chi connectivity index (χ1) is 9.45. The Balaban J connectivity index is 2.94. The summed E-state index contributed by atoms with van der Waals surface area (Å²) in [6.45, 7) is 7.52. The number of nitrogens with one attached hydrogen (secondary N) is 2. The van der Waals surface area contributed by atoms with Gasteiger partial charge >= 0.3 is 0 Å². The van der Waals surface area contributed by atoms with Gasteiger partial charge in [-0.1, -0.05) is 25.1 Å². The maximum absolute atomic E-state index is 12.1. The third-order valence-electron chi connectivity index (χ3n) is 2.71. The average molecular weight is 274 g/mol. The van der Waals surface area contributed by atoms with E-state index >= 15 is 0 Å². The van der Waals surface area contributed by atoms with Crippen LogP contribution in [0.1, 0.15) is 44.5 Å². The molecular weight excluding hydrogens is 252 g/mol. The van der Waals surface area contributed by atoms with E-state index in [1.807, 2.05) is 26.8 Å². The summed E-state index contributed by atoms with van der Waals surface area (Å²) >= 11 is 0. The van der Waals surface area contributed by atoms with Gasteiger partial charge in [-0.2, -0.15) is 0 Å². The van der Waals surface area contributed by atoms with Crippen LogP contribution in [-0.2, 0) is 4.79 Å². The quantitative estimate of drug-likeness (QED) is 0.810. The van der Waals surface area contributed by atoms with E-state index in [1.165, 1.54) is 0 Å². The molecule has 0 fully saturated rings. The van der Waals surface area contributed by atoms with Crippen molar-refractivity contribution in [2.75, 3.05) is 5.32 Å². The molecule has 0 aromatic heterocycles. The summed E-state index contributed by atoms with van der Waals surface area (Å²) in [7, 11) is 0. The van der Waals surface area contributed by atoms with E-state index in [2.05, 4.69) is 10.6 Å². The minimum atomic E-state index is -0.187. The number of hydrogen-bond acceptors (Lipinski definition) is 2. The zero-order valence-electron chi connectivity index (χ0n) is 12.5. The Morgan fingerprint density at radius 2 is 1.90 bits per heavy atom. The van der Waals surface area contributed by atoms with Crippen molar-refractivity contribution in [2.24, 2.45) is 0 Å². The van der Waals surface area contributed by atoms with Gasteiger partial charge in [0.25, 0.3) is 11.8 Å². The van der Waals surface area contributed by atoms with Crippen molar-refractivity contribution in [1.82, 2.24) is 5.32 Å². The lowest BCUT2D eigenvalue weighted by atomic mass is 10.1. The van der Waals surface area contributed by atoms with Crippen molar-refractivity contribution in [2.45, 2.75) is 40.2 Å². The van der Waals surface area contributed by atoms with Gasteiger partial charge in [-0.05, 0) is 39.3 Å². The zero-order valence-corrected chi connectivity index (χ0v) is 12.5. The van der Waals surface area contributed by atoms with Crippen LogP contribution in [0.15, 0.2) is 35.9 Å². The second-order valence-corrected chi connectivity index (χ2v) is 4.92. The lowest BCUT2D eigenvalue weighted by Gasteiger charge is -2.13. The molecule has 4 heteroatoms. The number of allylic oxidation sites excluding steroid dienone is 1. The van der Waals surface area contributed by atoms with Crippen molar-refractivity contribution < 1.29 is 9.59 Å². The van der Waals surface area contributed by atoms with E-state index in [-0.39, 0.29) is 17.9 Å². The number of hydrogen-bond donors (Lipinski definition) is 2. The van der Waals surface area contributed by atoms with Crippen LogP contribution in [-0.4, -0.2) is 17.9 Å². The highest BCUT2D eigenvalue weighted by Gasteiger charge is 2.14. The van der Waals surface area contributed by atoms with Gasteiger partial charge in [-0.25, -0.2) is 0 Å². The normalized spacial score (nSPS) is 11.3. The van der Waals surface area contributed by atoms with E-state index in [0.717, 1.165) is 6.42 Å². The SMILES string of the molecule is CCC=C(C)C(=O)Nc1ccccc1C(=O)NC(C)C. The molecule has 0 heterocycles. The smallest absolute Gasteiger partial charge is 0.253 e. The summed E-state index contributed by atoms with van der Waals surface area (Å²) < 4.78 is 0. The van der Waals surface area contributed by atoms with Crippen molar-refractivity contribution in [1.29, 1.82) is 0 Å². The van der Waals surface area contributed by atoms with Gasteiger partial charge in [0.2, 0.25) is 0 Å². The first kappa shape index (κ1) is 16.0. The molecule has 4 nitrogen and oxygen atoms in total. The van der Waals surface area contributed by atoms with Gasteiger partial charge in [0, 0.05) is 11.6 Å². The molecule has 1 rings (SSSR count). The van der Waals surface area contributed by atoms with E-state index in [0.29, 0.717) is 16.8 Å². The van der Waals surface area contributed by atoms with Crippen molar-refractivity contribution in [3.63, 3.8) is 0 Å². The molecule has 0 atom stereocenters. The Hall–Kier alpha value is -2.10. The van der Waals surface area contributed by atoms with Crippen LogP contribution in [0.3, 0.4) is 0 Å². The Labute approximate surface area is 120 Å². The molecule has 2 amide bonds. The second kappa shape index (κ2) is 7.48. The third kappa shape index (κ3) is 4.53. The monoisotopic (exact) mass is 274 g/mol. The van der Waals surface area contributed by atoms with Crippen LogP contribution >= 0.6 is 0 Å². The molecule has 1 aromatic carbocycles. The van der Waals surface area contributed by atoms with Crippen molar-refractivity contribution in [3.8, 4) is 0 Å². The van der Waals surface area contributed by atoms with Crippen LogP contribution in [0, 0.1) is 0 Å². The minimum Gasteiger partial charge on any atom is -0.350 e. The zero-order chi connectivity index (χ0) is 15.1. The Morgan fingerprint density at radius 1 is 1.25 bits per heavy atom. The van der Waals surface area contributed by atoms with Gasteiger partial charge in [-0.3, -0.25) is 9.59 Å². The predicted octanol–water partition coefficient (Wildman–Crippen LogP) is 3.12. The molecule has 0 aliphatic heterocycles. The lowest BCUT2D eigenvalue weighted by molar-refractivity contribution is -0.112. The molecule has 0 aliphatic carbocycles. The van der Waals surface area contributed by atoms with Crippen LogP contribution in [0.25, 0.3) is 0 Å². The molecule has 0 radical (unpaired) electrons. The molecule has 108 valence electrons. The first-order valence-corrected chi connectivity index (χ1v) is 6.83. The third-order valence-corrected chi connectivity index (χ3v) is 2.71. The molecule has 0 aliphatic rings. The van der Waals surface area contributed by atoms with E-state index in [1.54, 1.807) is 31.2 Å². The highest BCUT2D eigenvalue weighted by molar-refractivity contribution is 6.08. The van der Waals surface area contributed by atoms with Crippen molar-refractivity contribution in [3.05, 3.63) is 41.5 Å². The van der Waals surface area contributed by atoms with Gasteiger partial charge < -0.3 is 10.6 Å². The molecule has 0 saturated carbocycles. The van der Waals surface area contributed by atoms with Gasteiger partial charge in [0.1, 0.15) is 0 Å². The highest BCUT2D eigenvalue weighted by Crippen LogP contribution is 2.16. The lowest BCUT2D eigenvalue weighted by Crippen LogP contribution is -2.31. The predicted molar refractivity (Wildman–Crippen MR) is 81.7 cm³/mol. The topological polar surface area (TPSA) is 58.2 Å². The van der Waals surface area contributed by atoms with Gasteiger partial charge in [0.15, 0.2) is 0 Å². The molecule has 0 bridgehead atoms. The maximum Gasteiger partial charge on any atom is 0.253 e. The van der Waals surface area contributed by atoms with Crippen LogP contribution in [0.2, 0.25) is 0 Å². The highest BCUT2D eigenvalue weighted by atomic mass is 16.2. The molecule has 1 aromatic rings. The Morgan fingerprint density at radius 3 is 2.50 bits per heavy atom. The van der Waals surface area contributed by atoms with E-state index in [9.17, 15) is 9.59 Å².